The van der Waals surface area contributed by atoms with Gasteiger partial charge < -0.3 is 10.1 Å². The van der Waals surface area contributed by atoms with Crippen LogP contribution in [0.25, 0.3) is 22.4 Å². The first-order chi connectivity index (χ1) is 18.0. The summed E-state index contributed by atoms with van der Waals surface area (Å²) in [5.41, 5.74) is 3.39. The summed E-state index contributed by atoms with van der Waals surface area (Å²) in [7, 11) is 0. The Hall–Kier alpha value is -4.29. The predicted octanol–water partition coefficient (Wildman–Crippen LogP) is 4.04. The van der Waals surface area contributed by atoms with E-state index in [1.165, 1.54) is 16.0 Å². The molecule has 2 aliphatic rings. The molecule has 4 aromatic rings. The minimum Gasteiger partial charge on any atom is -0.465 e. The number of carbonyl (C=O) groups is 1. The van der Waals surface area contributed by atoms with Gasteiger partial charge in [0.25, 0.3) is 0 Å². The van der Waals surface area contributed by atoms with Gasteiger partial charge in [-0.3, -0.25) is 4.90 Å². The number of imidazole rings is 1. The second kappa shape index (κ2) is 9.64. The molecule has 2 saturated heterocycles. The maximum absolute atomic E-state index is 15.1. The first-order valence-electron chi connectivity index (χ1n) is 11.9. The van der Waals surface area contributed by atoms with E-state index in [1.807, 2.05) is 24.3 Å². The second-order valence-electron chi connectivity index (χ2n) is 9.04. The third-order valence-electron chi connectivity index (χ3n) is 6.66. The van der Waals surface area contributed by atoms with Crippen molar-refractivity contribution in [2.45, 2.75) is 31.5 Å². The number of aromatic amines is 1. The number of amides is 1. The van der Waals surface area contributed by atoms with Crippen LogP contribution in [0.1, 0.15) is 24.7 Å². The Balaban J connectivity index is 1.14. The van der Waals surface area contributed by atoms with E-state index in [4.69, 9.17) is 9.88 Å². The van der Waals surface area contributed by atoms with Crippen molar-refractivity contribution < 1.29 is 24.2 Å². The van der Waals surface area contributed by atoms with E-state index in [0.717, 1.165) is 29.7 Å². The lowest BCUT2D eigenvalue weighted by Crippen LogP contribution is -2.29. The topological polar surface area (TPSA) is 122 Å². The number of likely N-dealkylation sites (tertiary alicyclic amines) is 1. The number of nitrogens with one attached hydrogen (secondary N) is 1. The molecule has 2 aliphatic heterocycles. The molecule has 1 amide bonds. The van der Waals surface area contributed by atoms with Crippen LogP contribution in [0.3, 0.4) is 0 Å². The number of rotatable bonds is 6. The minimum atomic E-state index is -0.937. The molecular weight excluding hydrogens is 481 g/mol. The van der Waals surface area contributed by atoms with Gasteiger partial charge in [0, 0.05) is 24.4 Å². The average Bonchev–Trinajstić information content (AvgIpc) is 3.72. The van der Waals surface area contributed by atoms with Crippen LogP contribution in [0.4, 0.5) is 14.9 Å². The average molecular weight is 506 g/mol. The first-order valence-corrected chi connectivity index (χ1v) is 11.9. The van der Waals surface area contributed by atoms with Crippen LogP contribution >= 0.6 is 0 Å². The molecule has 2 fully saturated rings. The van der Waals surface area contributed by atoms with E-state index in [9.17, 15) is 9.90 Å². The molecule has 2 atom stereocenters. The molecule has 6 rings (SSSR count). The molecule has 37 heavy (non-hydrogen) atoms. The van der Waals surface area contributed by atoms with Crippen LogP contribution in [0.2, 0.25) is 0 Å². The second-order valence-corrected chi connectivity index (χ2v) is 9.04. The summed E-state index contributed by atoms with van der Waals surface area (Å²) in [4.78, 5) is 31.2. The van der Waals surface area contributed by atoms with Crippen molar-refractivity contribution in [2.24, 2.45) is 0 Å². The molecule has 4 heterocycles. The Morgan fingerprint density at radius 1 is 1.19 bits per heavy atom. The van der Waals surface area contributed by atoms with Gasteiger partial charge in [0.15, 0.2) is 0 Å². The number of halogens is 1. The Morgan fingerprint density at radius 3 is 2.78 bits per heavy atom. The highest BCUT2D eigenvalue weighted by Crippen LogP contribution is 2.33. The normalized spacial score (nSPS) is 19.6. The number of carboxylic acid groups (broad SMARTS) is 1. The monoisotopic (exact) mass is 505 g/mol. The fourth-order valence-corrected chi connectivity index (χ4v) is 4.79. The fourth-order valence-electron chi connectivity index (χ4n) is 4.79. The summed E-state index contributed by atoms with van der Waals surface area (Å²) in [5.74, 6) is 0.254. The lowest BCUT2D eigenvalue weighted by Gasteiger charge is -2.19. The summed E-state index contributed by atoms with van der Waals surface area (Å²) < 4.78 is 16.7. The van der Waals surface area contributed by atoms with Crippen LogP contribution < -0.4 is 5.06 Å². The van der Waals surface area contributed by atoms with Gasteiger partial charge in [0.1, 0.15) is 17.7 Å². The van der Waals surface area contributed by atoms with Gasteiger partial charge in [-0.15, -0.1) is 10.1 Å². The third kappa shape index (κ3) is 4.63. The van der Waals surface area contributed by atoms with Crippen LogP contribution in [0.5, 0.6) is 0 Å². The molecule has 11 nitrogen and oxygen atoms in total. The van der Waals surface area contributed by atoms with Crippen molar-refractivity contribution in [3.63, 3.8) is 0 Å². The lowest BCUT2D eigenvalue weighted by molar-refractivity contribution is -0.284. The van der Waals surface area contributed by atoms with Crippen molar-refractivity contribution in [1.29, 1.82) is 0 Å². The number of nitrogens with zero attached hydrogens (tertiary/aromatic N) is 6. The minimum absolute atomic E-state index is 0.263. The number of benzene rings is 2. The van der Waals surface area contributed by atoms with E-state index < -0.39 is 6.09 Å². The van der Waals surface area contributed by atoms with Gasteiger partial charge in [0.2, 0.25) is 0 Å². The van der Waals surface area contributed by atoms with Gasteiger partial charge in [-0.1, -0.05) is 29.5 Å². The number of H-pyrrole nitrogens is 1. The van der Waals surface area contributed by atoms with E-state index >= 15 is 4.39 Å². The van der Waals surface area contributed by atoms with Gasteiger partial charge in [-0.05, 0) is 36.1 Å². The summed E-state index contributed by atoms with van der Waals surface area (Å²) in [6.45, 7) is 1.40. The number of hydrogen-bond acceptors (Lipinski definition) is 7. The van der Waals surface area contributed by atoms with E-state index in [0.29, 0.717) is 36.7 Å². The van der Waals surface area contributed by atoms with E-state index in [-0.39, 0.29) is 18.0 Å². The predicted molar refractivity (Wildman–Crippen MR) is 129 cm³/mol. The maximum atomic E-state index is 15.1. The molecule has 0 spiro atoms. The van der Waals surface area contributed by atoms with Crippen molar-refractivity contribution in [1.82, 2.24) is 29.9 Å². The molecule has 0 unspecified atom stereocenters. The molecule has 2 aromatic heterocycles. The summed E-state index contributed by atoms with van der Waals surface area (Å²) >= 11 is 0. The highest BCUT2D eigenvalue weighted by molar-refractivity contribution is 5.71. The van der Waals surface area contributed by atoms with E-state index in [1.54, 1.807) is 35.4 Å². The molecule has 2 N–H and O–H groups in total. The Bertz CT molecular complexity index is 1390. The van der Waals surface area contributed by atoms with Gasteiger partial charge in [-0.25, -0.2) is 28.8 Å². The summed E-state index contributed by atoms with van der Waals surface area (Å²) in [5, 5.41) is 18.6. The fraction of sp³-hybridized carbons (Fsp3) is 0.280. The largest absolute Gasteiger partial charge is 0.465 e. The smallest absolute Gasteiger partial charge is 0.407 e. The zero-order valence-corrected chi connectivity index (χ0v) is 19.7. The molecule has 0 aliphatic carbocycles. The van der Waals surface area contributed by atoms with Crippen LogP contribution in [0.15, 0.2) is 61.1 Å². The highest BCUT2D eigenvalue weighted by atomic mass is 19.1. The third-order valence-corrected chi connectivity index (χ3v) is 6.66. The van der Waals surface area contributed by atoms with Gasteiger partial charge >= 0.3 is 6.09 Å². The van der Waals surface area contributed by atoms with E-state index in [2.05, 4.69) is 20.3 Å². The highest BCUT2D eigenvalue weighted by Gasteiger charge is 2.32. The number of aromatic nitrogens is 5. The SMILES string of the molecule is O=C(O)N1CCC[C@H]1c1ncc(-c2ccc(-c3ccc(N4C[C@@H](Cn5ccnn5)OO4)cc3F)cc2)[nH]1. The first kappa shape index (κ1) is 23.1. The molecule has 0 bridgehead atoms. The molecule has 12 heteroatoms. The number of hydroxylamine groups is 1. The molecule has 190 valence electrons. The molecule has 0 saturated carbocycles. The Labute approximate surface area is 210 Å². The summed E-state index contributed by atoms with van der Waals surface area (Å²) in [6.07, 6.45) is 5.38. The van der Waals surface area contributed by atoms with Gasteiger partial charge in [0.05, 0.1) is 42.9 Å². The van der Waals surface area contributed by atoms with Crippen molar-refractivity contribution in [3.8, 4) is 22.4 Å². The Morgan fingerprint density at radius 2 is 2.03 bits per heavy atom. The van der Waals surface area contributed by atoms with Crippen molar-refractivity contribution >= 4 is 11.8 Å². The zero-order valence-electron chi connectivity index (χ0n) is 19.7. The van der Waals surface area contributed by atoms with Crippen LogP contribution in [0, 0.1) is 5.82 Å². The van der Waals surface area contributed by atoms with Gasteiger partial charge in [-0.2, -0.15) is 0 Å². The maximum Gasteiger partial charge on any atom is 0.407 e. The summed E-state index contributed by atoms with van der Waals surface area (Å²) in [6, 6.07) is 12.1. The number of anilines is 1. The molecule has 2 aromatic carbocycles. The van der Waals surface area contributed by atoms with Crippen LogP contribution in [-0.4, -0.2) is 60.3 Å². The van der Waals surface area contributed by atoms with Crippen LogP contribution in [-0.2, 0) is 16.4 Å². The number of hydrogen-bond donors (Lipinski definition) is 2. The van der Waals surface area contributed by atoms with Crippen molar-refractivity contribution in [2.75, 3.05) is 18.2 Å². The molecular formula is C25H24FN7O4. The lowest BCUT2D eigenvalue weighted by atomic mass is 10.0. The standard InChI is InChI=1S/C25H24FN7O4/c26-21-12-18(33-15-19(36-37-33)14-31-11-9-28-30-31)7-8-20(21)16-3-5-17(6-4-16)22-13-27-24(29-22)23-2-1-10-32(23)25(34)35/h3-9,11-13,19,23H,1-2,10,14-15H2,(H,27,29)(H,34,35)/t19-,23+/m1/s1. The zero-order chi connectivity index (χ0) is 25.4. The quantitative estimate of drug-likeness (QED) is 0.377. The Kier molecular flexibility index (Phi) is 6.02. The van der Waals surface area contributed by atoms with Crippen molar-refractivity contribution in [3.05, 3.63) is 72.7 Å². The molecule has 0 radical (unpaired) electrons.